The number of aliphatic imine (C=N–C) groups is 1. The zero-order chi connectivity index (χ0) is 60.2. The first kappa shape index (κ1) is 71.7. The molecule has 23 heteroatoms. The van der Waals surface area contributed by atoms with E-state index in [1.165, 1.54) is 72.1 Å². The zero-order valence-corrected chi connectivity index (χ0v) is 48.1. The number of nitrogens with one attached hydrogen (secondary N) is 6. The van der Waals surface area contributed by atoms with Gasteiger partial charge in [-0.2, -0.15) is 0 Å². The van der Waals surface area contributed by atoms with Crippen LogP contribution in [0.4, 0.5) is 0 Å². The average molecular weight is 1130 g/mol. The van der Waals surface area contributed by atoms with Crippen LogP contribution in [0.5, 0.6) is 0 Å². The maximum Gasteiger partial charge on any atom is 0.303 e. The number of nitrogens with two attached hydrogens (primary N) is 2. The number of amides is 6. The SMILES string of the molecule is CCCCCCCCCCCCCCCC(=O)N[C@H](C(=O)N[C@H](C(=O)C[C@@H](Cc1ccccc1)C(=O)N[C@@H](CCCN=C(N)N)C(=O)N[C@@H](CO)C(=O)N[C@@H](CO)C(=O)C[C@@H](C)C(=O)N[C@@H](CCC(=O)O)C(C)=O)C(C)C)[C@@H](C)O. The highest BCUT2D eigenvalue weighted by atomic mass is 16.4. The molecule has 0 bridgehead atoms. The van der Waals surface area contributed by atoms with Crippen molar-refractivity contribution >= 4 is 64.7 Å². The third-order valence-corrected chi connectivity index (χ3v) is 13.7. The normalized spacial score (nSPS) is 14.6. The number of Topliss-reactive ketones (excluding diaryl/α,β-unsaturated/α-hetero) is 3. The maximum atomic E-state index is 14.4. The van der Waals surface area contributed by atoms with Crippen LogP contribution in [0.2, 0.25) is 0 Å². The summed E-state index contributed by atoms with van der Waals surface area (Å²) in [6, 6.07) is 0.189. The van der Waals surface area contributed by atoms with Crippen LogP contribution in [0.15, 0.2) is 35.3 Å². The van der Waals surface area contributed by atoms with E-state index in [1.54, 1.807) is 44.2 Å². The van der Waals surface area contributed by atoms with Gasteiger partial charge in [0.05, 0.1) is 31.4 Å². The Morgan fingerprint density at radius 3 is 1.59 bits per heavy atom. The van der Waals surface area contributed by atoms with Crippen LogP contribution in [0, 0.1) is 17.8 Å². The van der Waals surface area contributed by atoms with E-state index in [0.29, 0.717) is 12.0 Å². The summed E-state index contributed by atoms with van der Waals surface area (Å²) < 4.78 is 0. The molecule has 23 nitrogen and oxygen atoms in total. The molecule has 0 saturated heterocycles. The number of aliphatic hydroxyl groups excluding tert-OH is 3. The lowest BCUT2D eigenvalue weighted by Gasteiger charge is -2.28. The number of nitrogens with zero attached hydrogens (tertiary/aromatic N) is 1. The Labute approximate surface area is 472 Å². The molecule has 0 spiro atoms. The monoisotopic (exact) mass is 1130 g/mol. The van der Waals surface area contributed by atoms with Crippen molar-refractivity contribution in [1.82, 2.24) is 31.9 Å². The van der Waals surface area contributed by atoms with E-state index in [-0.39, 0.29) is 44.6 Å². The van der Waals surface area contributed by atoms with Gasteiger partial charge in [0.2, 0.25) is 35.4 Å². The van der Waals surface area contributed by atoms with Crippen molar-refractivity contribution in [3.8, 4) is 0 Å². The third kappa shape index (κ3) is 30.3. The second-order valence-corrected chi connectivity index (χ2v) is 21.2. The van der Waals surface area contributed by atoms with E-state index in [1.807, 2.05) is 0 Å². The number of benzene rings is 1. The molecule has 1 aromatic rings. The first-order chi connectivity index (χ1) is 37.9. The Bertz CT molecular complexity index is 2120. The van der Waals surface area contributed by atoms with Crippen molar-refractivity contribution in [2.75, 3.05) is 19.8 Å². The molecule has 0 aliphatic heterocycles. The van der Waals surface area contributed by atoms with Gasteiger partial charge < -0.3 is 63.8 Å². The number of hydrogen-bond acceptors (Lipinski definition) is 14. The standard InChI is InChI=1S/C57H95N9O14/c1-7-8-9-10-11-12-13-14-15-16-17-18-22-27-48(73)65-51(39(6)70)56(80)66-50(36(2)3)47(72)33-41(32-40-24-20-19-21-25-40)53(77)62-43(26-23-30-60-57(58)59)54(78)64-45(35-68)55(79)63-44(34-67)46(71)31-37(4)52(76)61-42(38(5)69)28-29-49(74)75/h19-21,24-25,36-37,39,41-45,50-51,67-68,70H,7-18,22-23,26-35H2,1-6H3,(H,61,76)(H,62,77)(H,63,79)(H,64,78)(H,65,73)(H,66,80)(H,74,75)(H4,58,59,60)/t37-,39-,41-,42+,43+,44+,45+,50+,51+/m1/s1. The highest BCUT2D eigenvalue weighted by Gasteiger charge is 2.36. The molecule has 0 heterocycles. The summed E-state index contributed by atoms with van der Waals surface area (Å²) in [5.74, 6) is -10.9. The number of ketones is 3. The summed E-state index contributed by atoms with van der Waals surface area (Å²) in [5, 5.41) is 55.0. The van der Waals surface area contributed by atoms with Crippen LogP contribution in [0.25, 0.3) is 0 Å². The van der Waals surface area contributed by atoms with Crippen LogP contribution < -0.4 is 43.4 Å². The second kappa shape index (κ2) is 40.8. The van der Waals surface area contributed by atoms with Gasteiger partial charge >= 0.3 is 5.97 Å². The Hall–Kier alpha value is -6.33. The van der Waals surface area contributed by atoms with Gasteiger partial charge in [-0.05, 0) is 57.4 Å². The highest BCUT2D eigenvalue weighted by Crippen LogP contribution is 2.19. The minimum absolute atomic E-state index is 0.00831. The fourth-order valence-electron chi connectivity index (χ4n) is 8.87. The van der Waals surface area contributed by atoms with Crippen molar-refractivity contribution in [1.29, 1.82) is 0 Å². The molecule has 1 rings (SSSR count). The summed E-state index contributed by atoms with van der Waals surface area (Å²) in [7, 11) is 0. The third-order valence-electron chi connectivity index (χ3n) is 13.7. The minimum atomic E-state index is -1.75. The number of guanidine groups is 1. The molecular weight excluding hydrogens is 1030 g/mol. The fraction of sp³-hybridized carbons (Fsp3) is 0.702. The average Bonchev–Trinajstić information content (AvgIpc) is 3.40. The predicted molar refractivity (Wildman–Crippen MR) is 302 cm³/mol. The maximum absolute atomic E-state index is 14.4. The Morgan fingerprint density at radius 2 is 1.07 bits per heavy atom. The van der Waals surface area contributed by atoms with Crippen molar-refractivity contribution in [3.05, 3.63) is 35.9 Å². The van der Waals surface area contributed by atoms with E-state index in [4.69, 9.17) is 16.6 Å². The number of unbranched alkanes of at least 4 members (excludes halogenated alkanes) is 12. The lowest BCUT2D eigenvalue weighted by Crippen LogP contribution is -2.58. The van der Waals surface area contributed by atoms with Gasteiger partial charge in [0.15, 0.2) is 23.3 Å². The molecule has 452 valence electrons. The van der Waals surface area contributed by atoms with Crippen molar-refractivity contribution in [2.45, 2.75) is 219 Å². The highest BCUT2D eigenvalue weighted by molar-refractivity contribution is 5.98. The number of carboxylic acids is 1. The molecule has 0 aliphatic carbocycles. The molecule has 6 amide bonds. The Morgan fingerprint density at radius 1 is 0.550 bits per heavy atom. The minimum Gasteiger partial charge on any atom is -0.481 e. The van der Waals surface area contributed by atoms with Crippen molar-refractivity contribution in [3.63, 3.8) is 0 Å². The van der Waals surface area contributed by atoms with Gasteiger partial charge in [-0.25, -0.2) is 0 Å². The van der Waals surface area contributed by atoms with Crippen LogP contribution in [0.1, 0.15) is 176 Å². The van der Waals surface area contributed by atoms with E-state index in [2.05, 4.69) is 43.8 Å². The van der Waals surface area contributed by atoms with E-state index in [0.717, 1.165) is 25.7 Å². The number of aliphatic hydroxyl groups is 3. The van der Waals surface area contributed by atoms with Crippen LogP contribution in [0.3, 0.4) is 0 Å². The summed E-state index contributed by atoms with van der Waals surface area (Å²) in [6.07, 6.45) is 12.0. The molecule has 1 aromatic carbocycles. The number of hydrogen-bond donors (Lipinski definition) is 12. The predicted octanol–water partition coefficient (Wildman–Crippen LogP) is 2.32. The molecule has 0 aromatic heterocycles. The van der Waals surface area contributed by atoms with Crippen LogP contribution in [-0.2, 0) is 54.4 Å². The lowest BCUT2D eigenvalue weighted by atomic mass is 9.88. The first-order valence-electron chi connectivity index (χ1n) is 28.5. The summed E-state index contributed by atoms with van der Waals surface area (Å²) in [5.41, 5.74) is 11.6. The van der Waals surface area contributed by atoms with Gasteiger partial charge in [0.1, 0.15) is 24.2 Å². The number of carbonyl (C=O) groups excluding carboxylic acids is 9. The van der Waals surface area contributed by atoms with Gasteiger partial charge in [-0.1, -0.05) is 135 Å². The zero-order valence-electron chi connectivity index (χ0n) is 48.1. The quantitative estimate of drug-likeness (QED) is 0.0253. The molecule has 0 saturated carbocycles. The van der Waals surface area contributed by atoms with Gasteiger partial charge in [-0.15, -0.1) is 0 Å². The van der Waals surface area contributed by atoms with E-state index in [9.17, 15) is 63.3 Å². The van der Waals surface area contributed by atoms with Gasteiger partial charge in [-0.3, -0.25) is 52.9 Å². The van der Waals surface area contributed by atoms with Crippen LogP contribution in [-0.4, -0.2) is 147 Å². The van der Waals surface area contributed by atoms with E-state index >= 15 is 0 Å². The number of aliphatic carboxylic acids is 1. The number of carboxylic acid groups (broad SMARTS) is 1. The number of rotatable bonds is 45. The summed E-state index contributed by atoms with van der Waals surface area (Å²) >= 11 is 0. The Balaban J connectivity index is 3.19. The topological polar surface area (TPSA) is 388 Å². The second-order valence-electron chi connectivity index (χ2n) is 21.2. The molecule has 0 radical (unpaired) electrons. The largest absolute Gasteiger partial charge is 0.481 e. The Kier molecular flexibility index (Phi) is 36.5. The first-order valence-corrected chi connectivity index (χ1v) is 28.5. The molecule has 0 aliphatic rings. The van der Waals surface area contributed by atoms with Crippen LogP contribution >= 0.6 is 0 Å². The molecule has 0 unspecified atom stereocenters. The van der Waals surface area contributed by atoms with Gasteiger partial charge in [0, 0.05) is 44.1 Å². The summed E-state index contributed by atoms with van der Waals surface area (Å²) in [4.78, 5) is 136. The van der Waals surface area contributed by atoms with E-state index < -0.39 is 151 Å². The smallest absolute Gasteiger partial charge is 0.303 e. The number of carbonyl (C=O) groups is 10. The molecule has 80 heavy (non-hydrogen) atoms. The van der Waals surface area contributed by atoms with Gasteiger partial charge in [0.25, 0.3) is 0 Å². The van der Waals surface area contributed by atoms with Crippen molar-refractivity contribution < 1.29 is 68.4 Å². The lowest BCUT2D eigenvalue weighted by molar-refractivity contribution is -0.138. The molecule has 0 fully saturated rings. The molecular formula is C57H95N9O14. The summed E-state index contributed by atoms with van der Waals surface area (Å²) in [6.45, 7) is 7.48. The molecule has 14 N–H and O–H groups in total. The van der Waals surface area contributed by atoms with Crippen molar-refractivity contribution in [2.24, 2.45) is 34.2 Å². The molecule has 9 atom stereocenters. The fourth-order valence-corrected chi connectivity index (χ4v) is 8.87.